The molecule has 4 nitrogen and oxygen atoms in total. The van der Waals surface area contributed by atoms with E-state index in [9.17, 15) is 0 Å². The highest BCUT2D eigenvalue weighted by molar-refractivity contribution is 6.31. The largest absolute Gasteiger partial charge is 0.475 e. The monoisotopic (exact) mass is 286 g/mol. The van der Waals surface area contributed by atoms with E-state index in [1.54, 1.807) is 6.20 Å². The summed E-state index contributed by atoms with van der Waals surface area (Å²) in [4.78, 5) is 4.14. The van der Waals surface area contributed by atoms with Crippen molar-refractivity contribution in [3.05, 3.63) is 22.8 Å². The first-order valence-electron chi connectivity index (χ1n) is 6.69. The normalized spacial score (nSPS) is 11.0. The van der Waals surface area contributed by atoms with Crippen molar-refractivity contribution in [3.63, 3.8) is 0 Å². The van der Waals surface area contributed by atoms with Crippen molar-refractivity contribution in [1.82, 2.24) is 10.3 Å². The van der Waals surface area contributed by atoms with E-state index in [-0.39, 0.29) is 0 Å². The summed E-state index contributed by atoms with van der Waals surface area (Å²) >= 11 is 6.07. The summed E-state index contributed by atoms with van der Waals surface area (Å²) < 4.78 is 11.0. The Hall–Kier alpha value is -0.840. The minimum atomic E-state index is 0.502. The van der Waals surface area contributed by atoms with Crippen LogP contribution in [0.5, 0.6) is 5.88 Å². The van der Waals surface area contributed by atoms with Gasteiger partial charge < -0.3 is 14.8 Å². The van der Waals surface area contributed by atoms with Crippen molar-refractivity contribution in [2.75, 3.05) is 26.4 Å². The van der Waals surface area contributed by atoms with E-state index in [0.717, 1.165) is 25.3 Å². The minimum absolute atomic E-state index is 0.502. The Bertz CT molecular complexity index is 372. The molecule has 0 spiro atoms. The minimum Gasteiger partial charge on any atom is -0.475 e. The Morgan fingerprint density at radius 3 is 2.84 bits per heavy atom. The molecule has 0 amide bonds. The van der Waals surface area contributed by atoms with Crippen LogP contribution in [0.25, 0.3) is 0 Å². The lowest BCUT2D eigenvalue weighted by molar-refractivity contribution is 0.0806. The maximum absolute atomic E-state index is 6.07. The van der Waals surface area contributed by atoms with Crippen LogP contribution in [0.15, 0.2) is 12.3 Å². The summed E-state index contributed by atoms with van der Waals surface area (Å²) in [7, 11) is 0. The van der Waals surface area contributed by atoms with Crippen LogP contribution in [0.3, 0.4) is 0 Å². The van der Waals surface area contributed by atoms with Crippen molar-refractivity contribution in [2.45, 2.75) is 27.3 Å². The zero-order valence-corrected chi connectivity index (χ0v) is 12.7. The molecule has 0 aromatic carbocycles. The molecule has 0 aliphatic heterocycles. The van der Waals surface area contributed by atoms with Gasteiger partial charge in [0.1, 0.15) is 6.61 Å². The Balaban J connectivity index is 2.37. The van der Waals surface area contributed by atoms with Crippen molar-refractivity contribution in [2.24, 2.45) is 5.92 Å². The molecule has 1 N–H and O–H groups in total. The number of ether oxygens (including phenoxy) is 2. The van der Waals surface area contributed by atoms with Gasteiger partial charge in [0, 0.05) is 25.4 Å². The predicted octanol–water partition coefficient (Wildman–Crippen LogP) is 2.90. The molecule has 1 aromatic heterocycles. The first kappa shape index (κ1) is 16.2. The number of nitrogens with one attached hydrogen (secondary N) is 1. The summed E-state index contributed by atoms with van der Waals surface area (Å²) in [6.07, 6.45) is 1.62. The number of pyridine rings is 1. The molecule has 0 radical (unpaired) electrons. The summed E-state index contributed by atoms with van der Waals surface area (Å²) in [6, 6.07) is 1.87. The topological polar surface area (TPSA) is 43.4 Å². The molecule has 5 heteroatoms. The van der Waals surface area contributed by atoms with Gasteiger partial charge in [-0.05, 0) is 18.0 Å². The molecular weight excluding hydrogens is 264 g/mol. The molecule has 108 valence electrons. The third kappa shape index (κ3) is 6.76. The predicted molar refractivity (Wildman–Crippen MR) is 77.8 cm³/mol. The molecule has 0 unspecified atom stereocenters. The fraction of sp³-hybridized carbons (Fsp3) is 0.643. The first-order chi connectivity index (χ1) is 9.13. The average molecular weight is 287 g/mol. The molecule has 0 saturated heterocycles. The number of hydrogen-bond acceptors (Lipinski definition) is 4. The van der Waals surface area contributed by atoms with E-state index in [1.807, 2.05) is 6.07 Å². The van der Waals surface area contributed by atoms with Crippen molar-refractivity contribution >= 4 is 11.6 Å². The van der Waals surface area contributed by atoms with E-state index in [4.69, 9.17) is 21.1 Å². The van der Waals surface area contributed by atoms with E-state index in [0.29, 0.717) is 30.0 Å². The quantitative estimate of drug-likeness (QED) is 0.709. The van der Waals surface area contributed by atoms with Crippen molar-refractivity contribution in [1.29, 1.82) is 0 Å². The van der Waals surface area contributed by atoms with Gasteiger partial charge in [-0.15, -0.1) is 0 Å². The van der Waals surface area contributed by atoms with E-state index in [2.05, 4.69) is 31.1 Å². The fourth-order valence-electron chi connectivity index (χ4n) is 1.46. The Morgan fingerprint density at radius 2 is 2.16 bits per heavy atom. The van der Waals surface area contributed by atoms with Crippen LogP contribution in [-0.4, -0.2) is 31.3 Å². The molecule has 0 bridgehead atoms. The highest BCUT2D eigenvalue weighted by Gasteiger charge is 2.04. The second kappa shape index (κ2) is 9.13. The smallest absolute Gasteiger partial charge is 0.213 e. The van der Waals surface area contributed by atoms with E-state index >= 15 is 0 Å². The molecule has 0 fully saturated rings. The highest BCUT2D eigenvalue weighted by atomic mass is 35.5. The zero-order chi connectivity index (χ0) is 14.1. The SMILES string of the molecule is CCNCc1cc(OCCOCC(C)C)ncc1Cl. The molecule has 1 heterocycles. The van der Waals surface area contributed by atoms with E-state index < -0.39 is 0 Å². The van der Waals surface area contributed by atoms with Crippen LogP contribution in [0.1, 0.15) is 26.3 Å². The van der Waals surface area contributed by atoms with Crippen LogP contribution in [0.2, 0.25) is 5.02 Å². The van der Waals surface area contributed by atoms with Gasteiger partial charge in [-0.3, -0.25) is 0 Å². The van der Waals surface area contributed by atoms with Crippen molar-refractivity contribution < 1.29 is 9.47 Å². The molecule has 0 atom stereocenters. The second-order valence-electron chi connectivity index (χ2n) is 4.71. The second-order valence-corrected chi connectivity index (χ2v) is 5.12. The van der Waals surface area contributed by atoms with Crippen LogP contribution < -0.4 is 10.1 Å². The van der Waals surface area contributed by atoms with Crippen LogP contribution in [-0.2, 0) is 11.3 Å². The standard InChI is InChI=1S/C14H23ClN2O2/c1-4-16-8-12-7-14(17-9-13(12)15)19-6-5-18-10-11(2)3/h7,9,11,16H,4-6,8,10H2,1-3H3. The molecule has 0 aliphatic carbocycles. The maximum atomic E-state index is 6.07. The number of nitrogens with zero attached hydrogens (tertiary/aromatic N) is 1. The van der Waals surface area contributed by atoms with Gasteiger partial charge in [-0.25, -0.2) is 4.98 Å². The molecule has 1 aromatic rings. The van der Waals surface area contributed by atoms with Crippen LogP contribution in [0.4, 0.5) is 0 Å². The van der Waals surface area contributed by atoms with Gasteiger partial charge in [0.2, 0.25) is 5.88 Å². The number of rotatable bonds is 9. The Labute approximate surface area is 120 Å². The fourth-order valence-corrected chi connectivity index (χ4v) is 1.63. The van der Waals surface area contributed by atoms with E-state index in [1.165, 1.54) is 0 Å². The molecule has 0 saturated carbocycles. The highest BCUT2D eigenvalue weighted by Crippen LogP contribution is 2.19. The molecule has 19 heavy (non-hydrogen) atoms. The molecule has 0 aliphatic rings. The summed E-state index contributed by atoms with van der Waals surface area (Å²) in [5.74, 6) is 1.13. The van der Waals surface area contributed by atoms with Gasteiger partial charge in [-0.2, -0.15) is 0 Å². The van der Waals surface area contributed by atoms with Gasteiger partial charge in [0.15, 0.2) is 0 Å². The first-order valence-corrected chi connectivity index (χ1v) is 7.07. The summed E-state index contributed by atoms with van der Waals surface area (Å²) in [6.45, 7) is 9.74. The Kier molecular flexibility index (Phi) is 7.79. The lowest BCUT2D eigenvalue weighted by atomic mass is 10.2. The van der Waals surface area contributed by atoms with Crippen molar-refractivity contribution in [3.8, 4) is 5.88 Å². The lowest BCUT2D eigenvalue weighted by Crippen LogP contribution is -2.13. The number of hydrogen-bond donors (Lipinski definition) is 1. The van der Waals surface area contributed by atoms with Gasteiger partial charge in [-0.1, -0.05) is 32.4 Å². The van der Waals surface area contributed by atoms with Gasteiger partial charge in [0.05, 0.1) is 11.6 Å². The number of aromatic nitrogens is 1. The van der Waals surface area contributed by atoms with Gasteiger partial charge in [0.25, 0.3) is 0 Å². The molecular formula is C14H23ClN2O2. The number of halogens is 1. The maximum Gasteiger partial charge on any atom is 0.213 e. The third-order valence-corrected chi connectivity index (χ3v) is 2.74. The summed E-state index contributed by atoms with van der Waals surface area (Å²) in [5.41, 5.74) is 0.997. The zero-order valence-electron chi connectivity index (χ0n) is 11.9. The average Bonchev–Trinajstić information content (AvgIpc) is 2.38. The van der Waals surface area contributed by atoms with Gasteiger partial charge >= 0.3 is 0 Å². The third-order valence-electron chi connectivity index (χ3n) is 2.40. The lowest BCUT2D eigenvalue weighted by Gasteiger charge is -2.10. The summed E-state index contributed by atoms with van der Waals surface area (Å²) in [5, 5.41) is 3.89. The van der Waals surface area contributed by atoms with Crippen LogP contribution >= 0.6 is 11.6 Å². The molecule has 1 rings (SSSR count). The van der Waals surface area contributed by atoms with Crippen LogP contribution in [0, 0.1) is 5.92 Å². The Morgan fingerprint density at radius 1 is 1.37 bits per heavy atom.